The Morgan fingerprint density at radius 2 is 2.17 bits per heavy atom. The van der Waals surface area contributed by atoms with Gasteiger partial charge in [-0.2, -0.15) is 13.2 Å². The maximum Gasteiger partial charge on any atom is 0.435 e. The summed E-state index contributed by atoms with van der Waals surface area (Å²) in [6, 6.07) is 0. The lowest BCUT2D eigenvalue weighted by Crippen LogP contribution is -2.24. The normalized spacial score (nSPS) is 13.6. The highest BCUT2D eigenvalue weighted by Crippen LogP contribution is 2.31. The molecular formula is C9H13F3N4O2. The van der Waals surface area contributed by atoms with Gasteiger partial charge < -0.3 is 10.5 Å². The first-order valence-electron chi connectivity index (χ1n) is 5.06. The van der Waals surface area contributed by atoms with Crippen molar-refractivity contribution in [3.63, 3.8) is 0 Å². The molecule has 0 bridgehead atoms. The molecule has 0 aliphatic rings. The fourth-order valence-electron chi connectivity index (χ4n) is 1.52. The first kappa shape index (κ1) is 14.4. The summed E-state index contributed by atoms with van der Waals surface area (Å²) in [6.45, 7) is 1.89. The second kappa shape index (κ2) is 5.34. The summed E-state index contributed by atoms with van der Waals surface area (Å²) in [5.74, 6) is -1.47. The molecule has 0 fully saturated rings. The van der Waals surface area contributed by atoms with Crippen molar-refractivity contribution in [2.45, 2.75) is 19.6 Å². The molecule has 2 N–H and O–H groups in total. The molecular weight excluding hydrogens is 253 g/mol. The first-order chi connectivity index (χ1) is 8.27. The van der Waals surface area contributed by atoms with Crippen molar-refractivity contribution in [1.29, 1.82) is 0 Å². The van der Waals surface area contributed by atoms with Gasteiger partial charge in [-0.3, -0.25) is 4.79 Å². The summed E-state index contributed by atoms with van der Waals surface area (Å²) in [4.78, 5) is 10.9. The minimum Gasteiger partial charge on any atom is -0.384 e. The topological polar surface area (TPSA) is 83.0 Å². The van der Waals surface area contributed by atoms with Gasteiger partial charge in [0.15, 0.2) is 11.4 Å². The Labute approximate surface area is 101 Å². The van der Waals surface area contributed by atoms with Crippen molar-refractivity contribution >= 4 is 5.91 Å². The van der Waals surface area contributed by atoms with Crippen LogP contribution in [-0.2, 0) is 17.5 Å². The van der Waals surface area contributed by atoms with Gasteiger partial charge in [0.1, 0.15) is 0 Å². The van der Waals surface area contributed by atoms with Gasteiger partial charge in [0.2, 0.25) is 0 Å². The summed E-state index contributed by atoms with van der Waals surface area (Å²) >= 11 is 0. The SMILES string of the molecule is COCC(C)Cn1nnc(C(N)=O)c1C(F)(F)F. The molecule has 0 spiro atoms. The Bertz CT molecular complexity index is 430. The molecule has 6 nitrogen and oxygen atoms in total. The molecule has 102 valence electrons. The Morgan fingerprint density at radius 1 is 1.56 bits per heavy atom. The number of carbonyl (C=O) groups is 1. The number of hydrogen-bond donors (Lipinski definition) is 1. The van der Waals surface area contributed by atoms with E-state index in [-0.39, 0.29) is 19.1 Å². The number of halogens is 3. The van der Waals surface area contributed by atoms with Crippen LogP contribution in [0.4, 0.5) is 13.2 Å². The average molecular weight is 266 g/mol. The van der Waals surface area contributed by atoms with Crippen LogP contribution in [-0.4, -0.2) is 34.6 Å². The fourth-order valence-corrected chi connectivity index (χ4v) is 1.52. The van der Waals surface area contributed by atoms with Crippen molar-refractivity contribution in [3.05, 3.63) is 11.4 Å². The molecule has 1 amide bonds. The van der Waals surface area contributed by atoms with Gasteiger partial charge in [-0.1, -0.05) is 12.1 Å². The lowest BCUT2D eigenvalue weighted by atomic mass is 10.2. The van der Waals surface area contributed by atoms with E-state index in [9.17, 15) is 18.0 Å². The van der Waals surface area contributed by atoms with E-state index in [1.807, 2.05) is 0 Å². The highest BCUT2D eigenvalue weighted by atomic mass is 19.4. The van der Waals surface area contributed by atoms with Crippen molar-refractivity contribution < 1.29 is 22.7 Å². The van der Waals surface area contributed by atoms with Gasteiger partial charge in [-0.15, -0.1) is 5.10 Å². The number of nitrogens with two attached hydrogens (primary N) is 1. The standard InChI is InChI=1S/C9H13F3N4O2/c1-5(4-18-2)3-16-7(9(10,11)12)6(8(13)17)14-15-16/h5H,3-4H2,1-2H3,(H2,13,17). The molecule has 1 unspecified atom stereocenters. The number of methoxy groups -OCH3 is 1. The third-order valence-electron chi connectivity index (χ3n) is 2.17. The van der Waals surface area contributed by atoms with E-state index >= 15 is 0 Å². The molecule has 1 rings (SSSR count). The second-order valence-corrected chi connectivity index (χ2v) is 3.89. The van der Waals surface area contributed by atoms with Gasteiger partial charge in [0.05, 0.1) is 6.61 Å². The first-order valence-corrected chi connectivity index (χ1v) is 5.06. The largest absolute Gasteiger partial charge is 0.435 e. The van der Waals surface area contributed by atoms with E-state index in [0.717, 1.165) is 0 Å². The van der Waals surface area contributed by atoms with Gasteiger partial charge in [0.25, 0.3) is 5.91 Å². The van der Waals surface area contributed by atoms with Crippen LogP contribution in [0.1, 0.15) is 23.1 Å². The quantitative estimate of drug-likeness (QED) is 0.849. The zero-order chi connectivity index (χ0) is 13.9. The van der Waals surface area contributed by atoms with E-state index in [1.165, 1.54) is 7.11 Å². The molecule has 0 aliphatic heterocycles. The molecule has 0 saturated heterocycles. The number of alkyl halides is 3. The van der Waals surface area contributed by atoms with E-state index in [2.05, 4.69) is 10.3 Å². The van der Waals surface area contributed by atoms with Crippen LogP contribution in [0.25, 0.3) is 0 Å². The van der Waals surface area contributed by atoms with Gasteiger partial charge >= 0.3 is 6.18 Å². The number of nitrogens with zero attached hydrogens (tertiary/aromatic N) is 3. The van der Waals surface area contributed by atoms with Crippen LogP contribution < -0.4 is 5.73 Å². The average Bonchev–Trinajstić information content (AvgIpc) is 2.61. The number of aromatic nitrogens is 3. The Kier molecular flexibility index (Phi) is 4.28. The fraction of sp³-hybridized carbons (Fsp3) is 0.667. The van der Waals surface area contributed by atoms with Crippen molar-refractivity contribution in [1.82, 2.24) is 15.0 Å². The number of carbonyl (C=O) groups excluding carboxylic acids is 1. The van der Waals surface area contributed by atoms with Crippen LogP contribution in [0.15, 0.2) is 0 Å². The minimum atomic E-state index is -4.74. The number of hydrogen-bond acceptors (Lipinski definition) is 4. The highest BCUT2D eigenvalue weighted by molar-refractivity contribution is 5.91. The van der Waals surface area contributed by atoms with E-state index < -0.39 is 23.5 Å². The smallest absolute Gasteiger partial charge is 0.384 e. The van der Waals surface area contributed by atoms with E-state index in [1.54, 1.807) is 6.92 Å². The Balaban J connectivity index is 3.09. The van der Waals surface area contributed by atoms with Crippen molar-refractivity contribution in [3.8, 4) is 0 Å². The minimum absolute atomic E-state index is 0.0665. The molecule has 1 aromatic rings. The van der Waals surface area contributed by atoms with Crippen LogP contribution in [0.5, 0.6) is 0 Å². The Hall–Kier alpha value is -1.64. The maximum absolute atomic E-state index is 12.8. The van der Waals surface area contributed by atoms with Gasteiger partial charge in [-0.05, 0) is 5.92 Å². The summed E-state index contributed by atoms with van der Waals surface area (Å²) in [7, 11) is 1.44. The Morgan fingerprint density at radius 3 is 2.61 bits per heavy atom. The third-order valence-corrected chi connectivity index (χ3v) is 2.17. The molecule has 0 aliphatic carbocycles. The second-order valence-electron chi connectivity index (χ2n) is 3.89. The molecule has 0 saturated carbocycles. The monoisotopic (exact) mass is 266 g/mol. The lowest BCUT2D eigenvalue weighted by Gasteiger charge is -2.14. The van der Waals surface area contributed by atoms with Crippen LogP contribution in [0, 0.1) is 5.92 Å². The van der Waals surface area contributed by atoms with Crippen LogP contribution in [0.3, 0.4) is 0 Å². The molecule has 9 heteroatoms. The molecule has 1 aromatic heterocycles. The summed E-state index contributed by atoms with van der Waals surface area (Å²) in [6.07, 6.45) is -4.74. The van der Waals surface area contributed by atoms with Gasteiger partial charge in [0, 0.05) is 13.7 Å². The predicted molar refractivity (Wildman–Crippen MR) is 54.6 cm³/mol. The summed E-state index contributed by atoms with van der Waals surface area (Å²) in [5.41, 5.74) is 2.74. The number of primary amides is 1. The van der Waals surface area contributed by atoms with Crippen LogP contribution >= 0.6 is 0 Å². The predicted octanol–water partition coefficient (Wildman–Crippen LogP) is 0.678. The zero-order valence-electron chi connectivity index (χ0n) is 9.86. The summed E-state index contributed by atoms with van der Waals surface area (Å²) in [5, 5.41) is 6.49. The molecule has 0 aromatic carbocycles. The number of rotatable bonds is 5. The molecule has 1 heterocycles. The van der Waals surface area contributed by atoms with Crippen molar-refractivity contribution in [2.24, 2.45) is 11.7 Å². The van der Waals surface area contributed by atoms with Gasteiger partial charge in [-0.25, -0.2) is 4.68 Å². The molecule has 1 atom stereocenters. The van der Waals surface area contributed by atoms with E-state index in [4.69, 9.17) is 10.5 Å². The maximum atomic E-state index is 12.8. The lowest BCUT2D eigenvalue weighted by molar-refractivity contribution is -0.144. The number of amides is 1. The number of ether oxygens (including phenoxy) is 1. The molecule has 18 heavy (non-hydrogen) atoms. The van der Waals surface area contributed by atoms with Crippen molar-refractivity contribution in [2.75, 3.05) is 13.7 Å². The van der Waals surface area contributed by atoms with E-state index in [0.29, 0.717) is 4.68 Å². The third kappa shape index (κ3) is 3.19. The highest BCUT2D eigenvalue weighted by Gasteiger charge is 2.41. The molecule has 0 radical (unpaired) electrons. The zero-order valence-corrected chi connectivity index (χ0v) is 9.86. The summed E-state index contributed by atoms with van der Waals surface area (Å²) < 4.78 is 43.8. The van der Waals surface area contributed by atoms with Crippen LogP contribution in [0.2, 0.25) is 0 Å².